The Morgan fingerprint density at radius 2 is 2.00 bits per heavy atom. The Hall–Kier alpha value is 0.170. The number of nitrogens with one attached hydrogen (secondary N) is 1. The lowest BCUT2D eigenvalue weighted by atomic mass is 9.86. The van der Waals surface area contributed by atoms with Crippen LogP contribution in [0.3, 0.4) is 0 Å². The molecule has 4 heteroatoms. The molecule has 0 aromatic heterocycles. The molecule has 1 saturated carbocycles. The quantitative estimate of drug-likeness (QED) is 0.839. The van der Waals surface area contributed by atoms with Crippen molar-refractivity contribution < 1.29 is 0 Å². The van der Waals surface area contributed by atoms with E-state index in [1.165, 1.54) is 61.6 Å². The molecule has 2 aliphatic heterocycles. The summed E-state index contributed by atoms with van der Waals surface area (Å²) in [6, 6.07) is 0.734. The average molecular weight is 284 g/mol. The average Bonchev–Trinajstić information content (AvgIpc) is 2.46. The van der Waals surface area contributed by atoms with Gasteiger partial charge in [0.1, 0.15) is 0 Å². The first kappa shape index (κ1) is 13.2. The summed E-state index contributed by atoms with van der Waals surface area (Å²) >= 11 is 4.10. The van der Waals surface area contributed by atoms with Crippen LogP contribution in [0.15, 0.2) is 4.99 Å². The van der Waals surface area contributed by atoms with E-state index in [1.807, 2.05) is 11.8 Å². The molecule has 1 N–H and O–H groups in total. The molecule has 0 aromatic carbocycles. The summed E-state index contributed by atoms with van der Waals surface area (Å²) in [5.41, 5.74) is 0. The molecule has 18 heavy (non-hydrogen) atoms. The summed E-state index contributed by atoms with van der Waals surface area (Å²) in [6.07, 6.45) is 9.83. The highest BCUT2D eigenvalue weighted by Gasteiger charge is 2.30. The van der Waals surface area contributed by atoms with E-state index in [2.05, 4.69) is 17.1 Å². The third kappa shape index (κ3) is 3.38. The molecule has 3 unspecified atom stereocenters. The van der Waals surface area contributed by atoms with E-state index in [9.17, 15) is 0 Å². The number of rotatable bonds is 2. The van der Waals surface area contributed by atoms with Crippen molar-refractivity contribution in [2.45, 2.75) is 56.2 Å². The maximum atomic E-state index is 4.85. The van der Waals surface area contributed by atoms with Gasteiger partial charge in [0.15, 0.2) is 5.17 Å². The minimum absolute atomic E-state index is 0.734. The molecule has 1 aliphatic carbocycles. The SMILES string of the molecule is C1CCC(CN=C2NC3CCCCC3CS2)SC1. The van der Waals surface area contributed by atoms with Crippen LogP contribution < -0.4 is 5.32 Å². The first-order valence-corrected chi connectivity index (χ1v) is 9.50. The van der Waals surface area contributed by atoms with Crippen molar-refractivity contribution >= 4 is 28.7 Å². The Morgan fingerprint density at radius 3 is 2.89 bits per heavy atom. The van der Waals surface area contributed by atoms with E-state index in [1.54, 1.807) is 0 Å². The number of hydrogen-bond donors (Lipinski definition) is 1. The normalized spacial score (nSPS) is 39.1. The summed E-state index contributed by atoms with van der Waals surface area (Å²) in [4.78, 5) is 4.85. The molecule has 102 valence electrons. The predicted molar refractivity (Wildman–Crippen MR) is 83.7 cm³/mol. The van der Waals surface area contributed by atoms with Gasteiger partial charge >= 0.3 is 0 Å². The number of nitrogens with zero attached hydrogens (tertiary/aromatic N) is 1. The zero-order chi connectivity index (χ0) is 12.2. The third-order valence-electron chi connectivity index (χ3n) is 4.36. The van der Waals surface area contributed by atoms with Crippen molar-refractivity contribution in [1.82, 2.24) is 5.32 Å². The molecule has 3 fully saturated rings. The van der Waals surface area contributed by atoms with Gasteiger partial charge in [0, 0.05) is 17.0 Å². The van der Waals surface area contributed by atoms with Crippen molar-refractivity contribution in [2.75, 3.05) is 18.1 Å². The minimum Gasteiger partial charge on any atom is -0.362 e. The number of fused-ring (bicyclic) bond motifs is 1. The minimum atomic E-state index is 0.734. The van der Waals surface area contributed by atoms with Crippen LogP contribution in [-0.2, 0) is 0 Å². The van der Waals surface area contributed by atoms with Crippen molar-refractivity contribution in [3.05, 3.63) is 0 Å². The van der Waals surface area contributed by atoms with Gasteiger partial charge in [0.25, 0.3) is 0 Å². The molecule has 3 atom stereocenters. The number of hydrogen-bond acceptors (Lipinski definition) is 3. The zero-order valence-electron chi connectivity index (χ0n) is 11.1. The third-order valence-corrected chi connectivity index (χ3v) is 6.86. The second-order valence-corrected chi connectivity index (χ2v) is 8.16. The maximum absolute atomic E-state index is 4.85. The topological polar surface area (TPSA) is 24.4 Å². The van der Waals surface area contributed by atoms with Gasteiger partial charge in [0.2, 0.25) is 0 Å². The highest BCUT2D eigenvalue weighted by Crippen LogP contribution is 2.32. The summed E-state index contributed by atoms with van der Waals surface area (Å²) in [6.45, 7) is 1.04. The Labute approximate surface area is 119 Å². The number of aliphatic imine (C=N–C) groups is 1. The molecule has 0 amide bonds. The van der Waals surface area contributed by atoms with Crippen LogP contribution in [0.5, 0.6) is 0 Å². The summed E-state index contributed by atoms with van der Waals surface area (Å²) in [7, 11) is 0. The van der Waals surface area contributed by atoms with Crippen molar-refractivity contribution in [3.8, 4) is 0 Å². The van der Waals surface area contributed by atoms with Gasteiger partial charge in [-0.1, -0.05) is 31.0 Å². The molecule has 2 heterocycles. The van der Waals surface area contributed by atoms with Crippen LogP contribution in [0.2, 0.25) is 0 Å². The molecule has 0 radical (unpaired) electrons. The van der Waals surface area contributed by atoms with Crippen LogP contribution in [0, 0.1) is 5.92 Å². The molecule has 3 aliphatic rings. The first-order chi connectivity index (χ1) is 8.92. The van der Waals surface area contributed by atoms with Crippen LogP contribution in [0.4, 0.5) is 0 Å². The molecule has 0 aromatic rings. The maximum Gasteiger partial charge on any atom is 0.156 e. The first-order valence-electron chi connectivity index (χ1n) is 7.47. The van der Waals surface area contributed by atoms with E-state index in [-0.39, 0.29) is 0 Å². The number of amidine groups is 1. The van der Waals surface area contributed by atoms with E-state index in [0.29, 0.717) is 0 Å². The Kier molecular flexibility index (Phi) is 4.80. The predicted octanol–water partition coefficient (Wildman–Crippen LogP) is 3.52. The van der Waals surface area contributed by atoms with Crippen LogP contribution in [-0.4, -0.2) is 34.5 Å². The largest absolute Gasteiger partial charge is 0.362 e. The van der Waals surface area contributed by atoms with E-state index in [4.69, 9.17) is 4.99 Å². The molecule has 2 nitrogen and oxygen atoms in total. The monoisotopic (exact) mass is 284 g/mol. The highest BCUT2D eigenvalue weighted by molar-refractivity contribution is 8.13. The highest BCUT2D eigenvalue weighted by atomic mass is 32.2. The Bertz CT molecular complexity index is 300. The fourth-order valence-electron chi connectivity index (χ4n) is 3.21. The van der Waals surface area contributed by atoms with Gasteiger partial charge in [-0.15, -0.1) is 0 Å². The van der Waals surface area contributed by atoms with Crippen LogP contribution in [0.25, 0.3) is 0 Å². The van der Waals surface area contributed by atoms with Crippen LogP contribution >= 0.6 is 23.5 Å². The summed E-state index contributed by atoms with van der Waals surface area (Å²) in [5.74, 6) is 3.56. The van der Waals surface area contributed by atoms with Crippen LogP contribution in [0.1, 0.15) is 44.9 Å². The van der Waals surface area contributed by atoms with E-state index < -0.39 is 0 Å². The fourth-order valence-corrected chi connectivity index (χ4v) is 5.60. The molecule has 0 spiro atoms. The molecule has 3 rings (SSSR count). The summed E-state index contributed by atoms with van der Waals surface area (Å²) in [5, 5.41) is 5.73. The lowest BCUT2D eigenvalue weighted by molar-refractivity contribution is 0.311. The van der Waals surface area contributed by atoms with Crippen molar-refractivity contribution in [2.24, 2.45) is 10.9 Å². The van der Waals surface area contributed by atoms with Gasteiger partial charge in [-0.25, -0.2) is 0 Å². The van der Waals surface area contributed by atoms with Gasteiger partial charge in [-0.3, -0.25) is 4.99 Å². The molecular weight excluding hydrogens is 260 g/mol. The van der Waals surface area contributed by atoms with Gasteiger partial charge < -0.3 is 5.32 Å². The molecule has 2 saturated heterocycles. The van der Waals surface area contributed by atoms with Gasteiger partial charge in [-0.05, 0) is 37.4 Å². The smallest absolute Gasteiger partial charge is 0.156 e. The van der Waals surface area contributed by atoms with E-state index >= 15 is 0 Å². The Balaban J connectivity index is 1.50. The van der Waals surface area contributed by atoms with E-state index in [0.717, 1.165) is 23.8 Å². The zero-order valence-corrected chi connectivity index (χ0v) is 12.7. The lowest BCUT2D eigenvalue weighted by Crippen LogP contribution is -2.46. The van der Waals surface area contributed by atoms with Crippen molar-refractivity contribution in [3.63, 3.8) is 0 Å². The molecule has 0 bridgehead atoms. The fraction of sp³-hybridized carbons (Fsp3) is 0.929. The second kappa shape index (κ2) is 6.56. The Morgan fingerprint density at radius 1 is 1.11 bits per heavy atom. The second-order valence-electron chi connectivity index (χ2n) is 5.74. The summed E-state index contributed by atoms with van der Waals surface area (Å²) < 4.78 is 0. The molecular formula is C14H24N2S2. The number of thioether (sulfide) groups is 2. The van der Waals surface area contributed by atoms with Gasteiger partial charge in [0.05, 0.1) is 6.54 Å². The standard InChI is InChI=1S/C14H24N2S2/c1-2-7-13-11(5-1)10-18-14(16-13)15-9-12-6-3-4-8-17-12/h11-13H,1-10H2,(H,15,16). The van der Waals surface area contributed by atoms with Gasteiger partial charge in [-0.2, -0.15) is 11.8 Å². The lowest BCUT2D eigenvalue weighted by Gasteiger charge is -2.37. The van der Waals surface area contributed by atoms with Crippen molar-refractivity contribution in [1.29, 1.82) is 0 Å².